The van der Waals surface area contributed by atoms with Gasteiger partial charge in [-0.15, -0.1) is 0 Å². The fraction of sp³-hybridized carbons (Fsp3) is 0.263. The number of hydrogen-bond donors (Lipinski definition) is 0. The molecule has 2 saturated heterocycles. The first-order valence-electron chi connectivity index (χ1n) is 8.59. The van der Waals surface area contributed by atoms with E-state index in [-0.39, 0.29) is 35.1 Å². The predicted molar refractivity (Wildman–Crippen MR) is 115 cm³/mol. The van der Waals surface area contributed by atoms with Crippen molar-refractivity contribution in [1.82, 2.24) is 0 Å². The van der Waals surface area contributed by atoms with Crippen molar-refractivity contribution < 1.29 is 13.2 Å². The monoisotopic (exact) mass is 454 g/mol. The number of fused-ring (bicyclic) bond motifs is 1. The van der Waals surface area contributed by atoms with Gasteiger partial charge >= 0.3 is 0 Å². The minimum atomic E-state index is -3.13. The highest BCUT2D eigenvalue weighted by molar-refractivity contribution is 8.16. The molecule has 2 aliphatic heterocycles. The second kappa shape index (κ2) is 7.71. The van der Waals surface area contributed by atoms with Gasteiger partial charge in [-0.1, -0.05) is 65.3 Å². The van der Waals surface area contributed by atoms with Gasteiger partial charge in [0.25, 0.3) is 5.91 Å². The summed E-state index contributed by atoms with van der Waals surface area (Å²) < 4.78 is 24.2. The molecule has 0 N–H and O–H groups in total. The van der Waals surface area contributed by atoms with Crippen LogP contribution in [0, 0.1) is 0 Å². The van der Waals surface area contributed by atoms with E-state index < -0.39 is 9.84 Å². The van der Waals surface area contributed by atoms with E-state index in [1.54, 1.807) is 18.2 Å². The molecule has 0 aromatic heterocycles. The van der Waals surface area contributed by atoms with Crippen molar-refractivity contribution in [3.63, 3.8) is 0 Å². The molecule has 2 fully saturated rings. The van der Waals surface area contributed by atoms with E-state index in [4.69, 9.17) is 23.2 Å². The molecule has 0 saturated carbocycles. The van der Waals surface area contributed by atoms with Crippen LogP contribution in [0.4, 0.5) is 5.69 Å². The third-order valence-corrected chi connectivity index (χ3v) is 8.62. The fourth-order valence-corrected chi connectivity index (χ4v) is 7.64. The van der Waals surface area contributed by atoms with E-state index >= 15 is 0 Å². The van der Waals surface area contributed by atoms with E-state index in [0.717, 1.165) is 5.56 Å². The van der Waals surface area contributed by atoms with Crippen LogP contribution < -0.4 is 4.90 Å². The van der Waals surface area contributed by atoms with Crippen molar-refractivity contribution in [3.8, 4) is 0 Å². The molecule has 4 rings (SSSR count). The third kappa shape index (κ3) is 4.08. The number of anilines is 1. The molecule has 1 amide bonds. The number of rotatable bonds is 3. The highest BCUT2D eigenvalue weighted by atomic mass is 35.5. The molecule has 2 heterocycles. The van der Waals surface area contributed by atoms with E-state index in [0.29, 0.717) is 20.9 Å². The van der Waals surface area contributed by atoms with Crippen molar-refractivity contribution in [1.29, 1.82) is 0 Å². The SMILES string of the molecule is O=C(Cc1ccccc1)N=C1S[C@H]2CS(=O)(=O)C[C@H]2N1c1ccc(Cl)c(Cl)c1. The average molecular weight is 455 g/mol. The molecular weight excluding hydrogens is 439 g/mol. The minimum absolute atomic E-state index is 0.0246. The number of hydrogen-bond acceptors (Lipinski definition) is 4. The number of aliphatic imine (C=N–C) groups is 1. The number of benzene rings is 2. The second-order valence-electron chi connectivity index (χ2n) is 6.72. The van der Waals surface area contributed by atoms with Crippen molar-refractivity contribution in [2.24, 2.45) is 4.99 Å². The fourth-order valence-electron chi connectivity index (χ4n) is 3.42. The standard InChI is InChI=1S/C19H16Cl2N2O3S2/c20-14-7-6-13(9-15(14)21)23-16-10-28(25,26)11-17(16)27-19(23)22-18(24)8-12-4-2-1-3-5-12/h1-7,9,16-17H,8,10-11H2/t16-,17+/m1/s1. The van der Waals surface area contributed by atoms with Crippen LogP contribution in [-0.2, 0) is 21.1 Å². The Bertz CT molecular complexity index is 1060. The molecule has 28 heavy (non-hydrogen) atoms. The second-order valence-corrected chi connectivity index (χ2v) is 10.9. The Balaban J connectivity index is 1.67. The summed E-state index contributed by atoms with van der Waals surface area (Å²) in [7, 11) is -3.13. The van der Waals surface area contributed by atoms with Crippen LogP contribution >= 0.6 is 35.0 Å². The first-order chi connectivity index (χ1) is 13.3. The smallest absolute Gasteiger partial charge is 0.252 e. The summed E-state index contributed by atoms with van der Waals surface area (Å²) in [5.74, 6) is -0.176. The predicted octanol–water partition coefficient (Wildman–Crippen LogP) is 3.84. The molecule has 2 aromatic carbocycles. The van der Waals surface area contributed by atoms with Crippen LogP contribution in [0.1, 0.15) is 5.56 Å². The maximum Gasteiger partial charge on any atom is 0.252 e. The average Bonchev–Trinajstić information content (AvgIpc) is 3.09. The van der Waals surface area contributed by atoms with Crippen LogP contribution in [0.15, 0.2) is 53.5 Å². The number of carbonyl (C=O) groups excluding carboxylic acids is 1. The summed E-state index contributed by atoms with van der Waals surface area (Å²) in [6, 6.07) is 14.2. The Hall–Kier alpha value is -1.54. The summed E-state index contributed by atoms with van der Waals surface area (Å²) in [6.07, 6.45) is 0.188. The Morgan fingerprint density at radius 3 is 2.57 bits per heavy atom. The Morgan fingerprint density at radius 2 is 1.86 bits per heavy atom. The van der Waals surface area contributed by atoms with Gasteiger partial charge in [0.15, 0.2) is 15.0 Å². The van der Waals surface area contributed by atoms with Gasteiger partial charge in [0.1, 0.15) is 0 Å². The molecule has 0 bridgehead atoms. The van der Waals surface area contributed by atoms with Gasteiger partial charge in [-0.2, -0.15) is 4.99 Å². The zero-order valence-corrected chi connectivity index (χ0v) is 17.7. The lowest BCUT2D eigenvalue weighted by Gasteiger charge is -2.24. The van der Waals surface area contributed by atoms with Crippen LogP contribution in [0.3, 0.4) is 0 Å². The molecule has 0 radical (unpaired) electrons. The molecule has 0 aliphatic carbocycles. The van der Waals surface area contributed by atoms with Crippen LogP contribution in [0.25, 0.3) is 0 Å². The van der Waals surface area contributed by atoms with Crippen molar-refractivity contribution >= 4 is 61.6 Å². The van der Waals surface area contributed by atoms with Crippen LogP contribution in [-0.4, -0.2) is 42.3 Å². The van der Waals surface area contributed by atoms with Crippen LogP contribution in [0.5, 0.6) is 0 Å². The number of halogens is 2. The highest BCUT2D eigenvalue weighted by Gasteiger charge is 2.49. The van der Waals surface area contributed by atoms with Crippen LogP contribution in [0.2, 0.25) is 10.0 Å². The van der Waals surface area contributed by atoms with Crippen molar-refractivity contribution in [3.05, 3.63) is 64.1 Å². The Morgan fingerprint density at radius 1 is 1.11 bits per heavy atom. The lowest BCUT2D eigenvalue weighted by molar-refractivity contribution is -0.117. The molecule has 9 heteroatoms. The van der Waals surface area contributed by atoms with Gasteiger partial charge in [0.05, 0.1) is 34.0 Å². The summed E-state index contributed by atoms with van der Waals surface area (Å²) in [4.78, 5) is 18.6. The molecule has 2 aromatic rings. The van der Waals surface area contributed by atoms with Gasteiger partial charge in [0, 0.05) is 10.9 Å². The number of sulfone groups is 1. The Kier molecular flexibility index (Phi) is 5.44. The summed E-state index contributed by atoms with van der Waals surface area (Å²) >= 11 is 13.5. The van der Waals surface area contributed by atoms with E-state index in [1.165, 1.54) is 11.8 Å². The molecule has 0 spiro atoms. The number of nitrogens with zero attached hydrogens (tertiary/aromatic N) is 2. The lowest BCUT2D eigenvalue weighted by atomic mass is 10.1. The molecule has 5 nitrogen and oxygen atoms in total. The number of carbonyl (C=O) groups is 1. The molecule has 2 atom stereocenters. The van der Waals surface area contributed by atoms with E-state index in [9.17, 15) is 13.2 Å². The third-order valence-electron chi connectivity index (χ3n) is 4.67. The first kappa shape index (κ1) is 19.8. The number of amides is 1. The van der Waals surface area contributed by atoms with Crippen molar-refractivity contribution in [2.75, 3.05) is 16.4 Å². The highest BCUT2D eigenvalue weighted by Crippen LogP contribution is 2.42. The summed E-state index contributed by atoms with van der Waals surface area (Å²) in [5.41, 5.74) is 1.56. The lowest BCUT2D eigenvalue weighted by Crippen LogP contribution is -2.37. The Labute approximate surface area is 177 Å². The largest absolute Gasteiger partial charge is 0.316 e. The summed E-state index contributed by atoms with van der Waals surface area (Å²) in [6.45, 7) is 0. The quantitative estimate of drug-likeness (QED) is 0.704. The normalized spacial score (nSPS) is 24.5. The van der Waals surface area contributed by atoms with Gasteiger partial charge in [0.2, 0.25) is 0 Å². The summed E-state index contributed by atoms with van der Waals surface area (Å²) in [5, 5.41) is 1.11. The zero-order chi connectivity index (χ0) is 19.9. The maximum absolute atomic E-state index is 12.5. The number of thioether (sulfide) groups is 1. The van der Waals surface area contributed by atoms with E-state index in [1.807, 2.05) is 35.2 Å². The van der Waals surface area contributed by atoms with Gasteiger partial charge in [-0.05, 0) is 23.8 Å². The minimum Gasteiger partial charge on any atom is -0.316 e. The topological polar surface area (TPSA) is 66.8 Å². The number of amidine groups is 1. The zero-order valence-electron chi connectivity index (χ0n) is 14.6. The first-order valence-corrected chi connectivity index (χ1v) is 12.0. The molecular formula is C19H16Cl2N2O3S2. The van der Waals surface area contributed by atoms with E-state index in [2.05, 4.69) is 4.99 Å². The molecule has 0 unspecified atom stereocenters. The van der Waals surface area contributed by atoms with Gasteiger partial charge < -0.3 is 4.90 Å². The molecule has 2 aliphatic rings. The van der Waals surface area contributed by atoms with Gasteiger partial charge in [-0.25, -0.2) is 8.42 Å². The maximum atomic E-state index is 12.5. The molecule has 146 valence electrons. The van der Waals surface area contributed by atoms with Crippen molar-refractivity contribution in [2.45, 2.75) is 17.7 Å². The van der Waals surface area contributed by atoms with Gasteiger partial charge in [-0.3, -0.25) is 4.79 Å².